The molecule has 208 valence electrons. The van der Waals surface area contributed by atoms with Crippen LogP contribution in [0.25, 0.3) is 0 Å². The van der Waals surface area contributed by atoms with Crippen molar-refractivity contribution in [3.8, 4) is 11.5 Å². The van der Waals surface area contributed by atoms with E-state index in [-0.39, 0.29) is 46.3 Å². The number of fused-ring (bicyclic) bond motifs is 2. The van der Waals surface area contributed by atoms with Crippen LogP contribution in [0.2, 0.25) is 0 Å². The van der Waals surface area contributed by atoms with Crippen LogP contribution in [0.1, 0.15) is 70.4 Å². The Morgan fingerprint density at radius 2 is 0.974 bits per heavy atom. The Balaban J connectivity index is 1.82. The summed E-state index contributed by atoms with van der Waals surface area (Å²) in [4.78, 5) is 27.2. The van der Waals surface area contributed by atoms with E-state index < -0.39 is 11.6 Å². The van der Waals surface area contributed by atoms with Gasteiger partial charge in [-0.3, -0.25) is 9.59 Å². The third kappa shape index (κ3) is 6.63. The summed E-state index contributed by atoms with van der Waals surface area (Å²) < 4.78 is 20.9. The van der Waals surface area contributed by atoms with E-state index in [4.69, 9.17) is 18.9 Å². The largest absolute Gasteiger partial charge is 0.507 e. The Hall–Kier alpha value is -3.18. The summed E-state index contributed by atoms with van der Waals surface area (Å²) in [6.07, 6.45) is 4.14. The molecule has 0 spiro atoms. The summed E-state index contributed by atoms with van der Waals surface area (Å²) in [7, 11) is 6.38. The molecule has 38 heavy (non-hydrogen) atoms. The molecule has 0 aromatic heterocycles. The van der Waals surface area contributed by atoms with E-state index >= 15 is 0 Å². The van der Waals surface area contributed by atoms with Gasteiger partial charge in [-0.1, -0.05) is 0 Å². The minimum Gasteiger partial charge on any atom is -0.507 e. The van der Waals surface area contributed by atoms with E-state index in [1.54, 1.807) is 40.6 Å². The van der Waals surface area contributed by atoms with E-state index in [9.17, 15) is 19.8 Å². The number of phenolic OH excluding ortho intramolecular Hbond substituents is 2. The van der Waals surface area contributed by atoms with Crippen LogP contribution in [0, 0.1) is 0 Å². The molecule has 3 rings (SSSR count). The number of unbranched alkanes of at least 4 members (excludes halogenated alkanes) is 2. The van der Waals surface area contributed by atoms with Gasteiger partial charge in [0.25, 0.3) is 0 Å². The zero-order valence-corrected chi connectivity index (χ0v) is 22.5. The monoisotopic (exact) mass is 530 g/mol. The second-order valence-corrected chi connectivity index (χ2v) is 9.07. The number of benzene rings is 2. The molecule has 0 saturated heterocycles. The van der Waals surface area contributed by atoms with Crippen LogP contribution in [0.3, 0.4) is 0 Å². The molecule has 2 aromatic carbocycles. The van der Waals surface area contributed by atoms with Gasteiger partial charge in [0.15, 0.2) is 12.6 Å². The third-order valence-corrected chi connectivity index (χ3v) is 6.69. The fourth-order valence-electron chi connectivity index (χ4n) is 4.64. The summed E-state index contributed by atoms with van der Waals surface area (Å²) >= 11 is 0. The van der Waals surface area contributed by atoms with Crippen LogP contribution < -0.4 is 10.6 Å². The lowest BCUT2D eigenvalue weighted by molar-refractivity contribution is -0.107. The molecule has 1 aliphatic carbocycles. The minimum absolute atomic E-state index is 0.180. The van der Waals surface area contributed by atoms with Gasteiger partial charge in [-0.05, 0) is 62.8 Å². The number of ether oxygens (including phenoxy) is 4. The van der Waals surface area contributed by atoms with Crippen molar-refractivity contribution in [1.29, 1.82) is 0 Å². The number of phenols is 2. The highest BCUT2D eigenvalue weighted by molar-refractivity contribution is 6.33. The third-order valence-electron chi connectivity index (χ3n) is 6.69. The molecule has 10 nitrogen and oxygen atoms in total. The lowest BCUT2D eigenvalue weighted by Crippen LogP contribution is -2.25. The highest BCUT2D eigenvalue weighted by Gasteiger charge is 2.37. The first-order valence-corrected chi connectivity index (χ1v) is 12.8. The molecule has 4 N–H and O–H groups in total. The molecule has 0 amide bonds. The number of nitrogens with one attached hydrogen (secondary N) is 2. The molecule has 0 radical (unpaired) electrons. The van der Waals surface area contributed by atoms with Crippen LogP contribution in [0.5, 0.6) is 11.5 Å². The van der Waals surface area contributed by atoms with Crippen molar-refractivity contribution in [3.05, 3.63) is 46.5 Å². The average Bonchev–Trinajstić information content (AvgIpc) is 2.92. The molecule has 0 atom stereocenters. The van der Waals surface area contributed by atoms with E-state index in [1.165, 1.54) is 12.1 Å². The molecule has 10 heteroatoms. The number of hydrogen-bond acceptors (Lipinski definition) is 10. The van der Waals surface area contributed by atoms with Gasteiger partial charge in [-0.25, -0.2) is 0 Å². The van der Waals surface area contributed by atoms with Crippen LogP contribution in [-0.2, 0) is 18.9 Å². The number of ketones is 2. The maximum atomic E-state index is 13.6. The molecule has 2 aromatic rings. The van der Waals surface area contributed by atoms with Gasteiger partial charge in [-0.2, -0.15) is 0 Å². The Bertz CT molecular complexity index is 1030. The Labute approximate surface area is 223 Å². The normalized spacial score (nSPS) is 12.7. The number of carbonyl (C=O) groups is 2. The summed E-state index contributed by atoms with van der Waals surface area (Å²) in [6, 6.07) is 5.95. The minimum atomic E-state index is -0.518. The summed E-state index contributed by atoms with van der Waals surface area (Å²) in [5.41, 5.74) is 0.982. The van der Waals surface area contributed by atoms with Gasteiger partial charge in [0.1, 0.15) is 11.5 Å². The van der Waals surface area contributed by atoms with Crippen LogP contribution >= 0.6 is 0 Å². The quantitative estimate of drug-likeness (QED) is 0.121. The topological polar surface area (TPSA) is 136 Å². The SMILES string of the molecule is COC(CCCCNc1ccc(NCCCCC(OC)OC)c2c1C(=O)c1c(O)ccc(O)c1C2=O)OC. The van der Waals surface area contributed by atoms with E-state index in [0.717, 1.165) is 38.5 Å². The van der Waals surface area contributed by atoms with E-state index in [2.05, 4.69) is 10.6 Å². The van der Waals surface area contributed by atoms with Crippen LogP contribution in [0.15, 0.2) is 24.3 Å². The van der Waals surface area contributed by atoms with Gasteiger partial charge in [-0.15, -0.1) is 0 Å². The summed E-state index contributed by atoms with van der Waals surface area (Å²) in [5.74, 6) is -1.73. The second kappa shape index (κ2) is 14.1. The molecule has 0 aliphatic heterocycles. The Morgan fingerprint density at radius 3 is 1.32 bits per heavy atom. The molecular formula is C28H38N2O8. The van der Waals surface area contributed by atoms with Gasteiger partial charge < -0.3 is 39.8 Å². The fourth-order valence-corrected chi connectivity index (χ4v) is 4.64. The number of methoxy groups -OCH3 is 4. The maximum Gasteiger partial charge on any atom is 0.200 e. The molecule has 1 aliphatic rings. The number of carbonyl (C=O) groups excluding carboxylic acids is 2. The first kappa shape index (κ1) is 29.4. The van der Waals surface area contributed by atoms with Gasteiger partial charge in [0, 0.05) is 52.9 Å². The first-order chi connectivity index (χ1) is 18.4. The van der Waals surface area contributed by atoms with Crippen molar-refractivity contribution in [2.75, 3.05) is 52.2 Å². The van der Waals surface area contributed by atoms with Gasteiger partial charge >= 0.3 is 0 Å². The highest BCUT2D eigenvalue weighted by Crippen LogP contribution is 2.42. The van der Waals surface area contributed by atoms with Crippen molar-refractivity contribution >= 4 is 22.9 Å². The zero-order valence-electron chi connectivity index (χ0n) is 22.5. The maximum absolute atomic E-state index is 13.6. The average molecular weight is 531 g/mol. The fraction of sp³-hybridized carbons (Fsp3) is 0.500. The van der Waals surface area contributed by atoms with Crippen LogP contribution in [0.4, 0.5) is 11.4 Å². The van der Waals surface area contributed by atoms with Crippen molar-refractivity contribution < 1.29 is 38.7 Å². The summed E-state index contributed by atoms with van der Waals surface area (Å²) in [5, 5.41) is 27.4. The summed E-state index contributed by atoms with van der Waals surface area (Å²) in [6.45, 7) is 1.11. The number of anilines is 2. The predicted octanol–water partition coefficient (Wildman–Crippen LogP) is 4.28. The van der Waals surface area contributed by atoms with E-state index in [0.29, 0.717) is 24.5 Å². The first-order valence-electron chi connectivity index (χ1n) is 12.8. The van der Waals surface area contributed by atoms with Crippen LogP contribution in [-0.4, -0.2) is 75.9 Å². The smallest absolute Gasteiger partial charge is 0.200 e. The van der Waals surface area contributed by atoms with Crippen molar-refractivity contribution in [1.82, 2.24) is 0 Å². The Morgan fingerprint density at radius 1 is 0.605 bits per heavy atom. The molecule has 0 bridgehead atoms. The van der Waals surface area contributed by atoms with E-state index in [1.807, 2.05) is 0 Å². The lowest BCUT2D eigenvalue weighted by atomic mass is 9.81. The van der Waals surface area contributed by atoms with Gasteiger partial charge in [0.05, 0.1) is 22.3 Å². The molecule has 0 saturated carbocycles. The predicted molar refractivity (Wildman–Crippen MR) is 143 cm³/mol. The molecule has 0 unspecified atom stereocenters. The van der Waals surface area contributed by atoms with Crippen molar-refractivity contribution in [3.63, 3.8) is 0 Å². The molecule has 0 heterocycles. The highest BCUT2D eigenvalue weighted by atomic mass is 16.7. The zero-order chi connectivity index (χ0) is 27.7. The second-order valence-electron chi connectivity index (χ2n) is 9.07. The van der Waals surface area contributed by atoms with Crippen molar-refractivity contribution in [2.45, 2.75) is 51.1 Å². The number of rotatable bonds is 16. The lowest BCUT2D eigenvalue weighted by Gasteiger charge is -2.25. The Kier molecular flexibility index (Phi) is 10.9. The molecular weight excluding hydrogens is 492 g/mol. The number of hydrogen-bond donors (Lipinski definition) is 4. The molecule has 0 fully saturated rings. The van der Waals surface area contributed by atoms with Crippen molar-refractivity contribution in [2.24, 2.45) is 0 Å². The number of aromatic hydroxyl groups is 2. The standard InChI is InChI=1S/C28H38N2O8/c1-35-21(36-2)9-5-7-15-29-17-11-12-18(30-16-8-6-10-22(37-3)38-4)24-23(17)27(33)25-19(31)13-14-20(32)26(25)28(24)34/h11-14,21-22,29-32H,5-10,15-16H2,1-4H3. The van der Waals surface area contributed by atoms with Gasteiger partial charge in [0.2, 0.25) is 11.6 Å².